The fourth-order valence-electron chi connectivity index (χ4n) is 2.23. The van der Waals surface area contributed by atoms with E-state index in [-0.39, 0.29) is 6.04 Å². The molecule has 0 unspecified atom stereocenters. The summed E-state index contributed by atoms with van der Waals surface area (Å²) in [7, 11) is 2.13. The van der Waals surface area contributed by atoms with Gasteiger partial charge in [-0.05, 0) is 38.1 Å². The van der Waals surface area contributed by atoms with Crippen LogP contribution in [0, 0.1) is 0 Å². The zero-order chi connectivity index (χ0) is 10.8. The Balaban J connectivity index is 2.11. The lowest BCUT2D eigenvalue weighted by atomic mass is 10.0. The van der Waals surface area contributed by atoms with Crippen LogP contribution < -0.4 is 5.73 Å². The lowest BCUT2D eigenvalue weighted by Crippen LogP contribution is -2.39. The van der Waals surface area contributed by atoms with Crippen LogP contribution in [0.4, 0.5) is 0 Å². The van der Waals surface area contributed by atoms with Gasteiger partial charge in [-0.2, -0.15) is 0 Å². The van der Waals surface area contributed by atoms with Crippen LogP contribution in [0.15, 0.2) is 24.3 Å². The Bertz CT molecular complexity index is 330. The summed E-state index contributed by atoms with van der Waals surface area (Å²) in [4.78, 5) is 2.33. The Morgan fingerprint density at radius 2 is 2.20 bits per heavy atom. The van der Waals surface area contributed by atoms with Gasteiger partial charge in [-0.25, -0.2) is 0 Å². The maximum atomic E-state index is 6.14. The van der Waals surface area contributed by atoms with Crippen molar-refractivity contribution in [3.8, 4) is 0 Å². The van der Waals surface area contributed by atoms with Gasteiger partial charge in [-0.3, -0.25) is 0 Å². The number of benzene rings is 1. The van der Waals surface area contributed by atoms with Crippen LogP contribution in [0.5, 0.6) is 0 Å². The zero-order valence-corrected chi connectivity index (χ0v) is 9.74. The molecule has 2 nitrogen and oxygen atoms in total. The van der Waals surface area contributed by atoms with Crippen molar-refractivity contribution in [1.29, 1.82) is 0 Å². The molecule has 0 aromatic heterocycles. The second kappa shape index (κ2) is 4.52. The second-order valence-electron chi connectivity index (χ2n) is 4.30. The topological polar surface area (TPSA) is 29.3 Å². The lowest BCUT2D eigenvalue weighted by molar-refractivity contribution is 0.296. The molecule has 0 bridgehead atoms. The van der Waals surface area contributed by atoms with Crippen molar-refractivity contribution in [1.82, 2.24) is 4.90 Å². The Morgan fingerprint density at radius 1 is 1.47 bits per heavy atom. The Labute approximate surface area is 96.0 Å². The number of likely N-dealkylation sites (tertiary alicyclic amines) is 1. The summed E-state index contributed by atoms with van der Waals surface area (Å²) >= 11 is 6.14. The van der Waals surface area contributed by atoms with E-state index in [1.807, 2.05) is 18.2 Å². The number of nitrogens with zero attached hydrogens (tertiary/aromatic N) is 1. The van der Waals surface area contributed by atoms with Gasteiger partial charge in [0, 0.05) is 17.1 Å². The lowest BCUT2D eigenvalue weighted by Gasteiger charge is -2.23. The van der Waals surface area contributed by atoms with Gasteiger partial charge >= 0.3 is 0 Å². The molecule has 1 aromatic carbocycles. The van der Waals surface area contributed by atoms with Crippen molar-refractivity contribution >= 4 is 11.6 Å². The average molecular weight is 225 g/mol. The summed E-state index contributed by atoms with van der Waals surface area (Å²) in [6.45, 7) is 1.09. The first kappa shape index (κ1) is 10.9. The first-order chi connectivity index (χ1) is 7.18. The number of likely N-dealkylation sites (N-methyl/N-ethyl adjacent to an activating group) is 1. The van der Waals surface area contributed by atoms with E-state index in [2.05, 4.69) is 18.0 Å². The van der Waals surface area contributed by atoms with E-state index >= 15 is 0 Å². The van der Waals surface area contributed by atoms with Gasteiger partial charge in [0.1, 0.15) is 0 Å². The van der Waals surface area contributed by atoms with E-state index < -0.39 is 0 Å². The summed E-state index contributed by atoms with van der Waals surface area (Å²) in [6, 6.07) is 8.74. The van der Waals surface area contributed by atoms with E-state index in [4.69, 9.17) is 17.3 Å². The molecule has 1 saturated heterocycles. The van der Waals surface area contributed by atoms with Crippen molar-refractivity contribution in [2.75, 3.05) is 13.6 Å². The van der Waals surface area contributed by atoms with Crippen LogP contribution in [-0.2, 0) is 6.42 Å². The highest BCUT2D eigenvalue weighted by Gasteiger charge is 2.29. The largest absolute Gasteiger partial charge is 0.326 e. The van der Waals surface area contributed by atoms with Crippen LogP contribution >= 0.6 is 11.6 Å². The Kier molecular flexibility index (Phi) is 3.29. The predicted octanol–water partition coefficient (Wildman–Crippen LogP) is 1.91. The monoisotopic (exact) mass is 224 g/mol. The van der Waals surface area contributed by atoms with E-state index in [1.165, 1.54) is 5.56 Å². The quantitative estimate of drug-likeness (QED) is 0.832. The van der Waals surface area contributed by atoms with Gasteiger partial charge < -0.3 is 10.6 Å². The first-order valence-electron chi connectivity index (χ1n) is 5.37. The molecule has 1 aliphatic heterocycles. The summed E-state index contributed by atoms with van der Waals surface area (Å²) in [6.07, 6.45) is 2.04. The zero-order valence-electron chi connectivity index (χ0n) is 8.99. The highest BCUT2D eigenvalue weighted by molar-refractivity contribution is 6.31. The van der Waals surface area contributed by atoms with Crippen LogP contribution in [0.2, 0.25) is 5.02 Å². The molecule has 0 spiro atoms. The molecule has 0 amide bonds. The van der Waals surface area contributed by atoms with Gasteiger partial charge in [0.2, 0.25) is 0 Å². The third kappa shape index (κ3) is 2.33. The van der Waals surface area contributed by atoms with E-state index in [9.17, 15) is 0 Å². The van der Waals surface area contributed by atoms with Crippen molar-refractivity contribution in [2.24, 2.45) is 5.73 Å². The summed E-state index contributed by atoms with van der Waals surface area (Å²) < 4.78 is 0. The fourth-order valence-corrected chi connectivity index (χ4v) is 2.45. The van der Waals surface area contributed by atoms with Crippen molar-refractivity contribution in [3.05, 3.63) is 34.9 Å². The van der Waals surface area contributed by atoms with Crippen LogP contribution in [0.1, 0.15) is 12.0 Å². The molecular weight excluding hydrogens is 208 g/mol. The highest BCUT2D eigenvalue weighted by Crippen LogP contribution is 2.22. The van der Waals surface area contributed by atoms with Gasteiger partial charge in [0.05, 0.1) is 0 Å². The molecule has 1 heterocycles. The third-order valence-electron chi connectivity index (χ3n) is 3.26. The molecule has 0 aliphatic carbocycles. The average Bonchev–Trinajstić information content (AvgIpc) is 2.53. The standard InChI is InChI=1S/C12H17ClN2/c1-15-7-6-11(14)12(15)8-9-4-2-3-5-10(9)13/h2-5,11-12H,6-8,14H2,1H3/t11-,12+/m1/s1. The molecular formula is C12H17ClN2. The van der Waals surface area contributed by atoms with E-state index in [1.54, 1.807) is 0 Å². The second-order valence-corrected chi connectivity index (χ2v) is 4.70. The minimum absolute atomic E-state index is 0.284. The molecule has 2 N–H and O–H groups in total. The summed E-state index contributed by atoms with van der Waals surface area (Å²) in [5.41, 5.74) is 7.28. The molecule has 1 aliphatic rings. The molecule has 0 saturated carbocycles. The van der Waals surface area contributed by atoms with E-state index in [0.717, 1.165) is 24.4 Å². The number of hydrogen-bond donors (Lipinski definition) is 1. The SMILES string of the molecule is CN1CC[C@@H](N)[C@@H]1Cc1ccccc1Cl. The van der Waals surface area contributed by atoms with Crippen molar-refractivity contribution in [3.63, 3.8) is 0 Å². The van der Waals surface area contributed by atoms with Crippen LogP contribution in [0.3, 0.4) is 0 Å². The Morgan fingerprint density at radius 3 is 2.80 bits per heavy atom. The maximum Gasteiger partial charge on any atom is 0.0438 e. The minimum Gasteiger partial charge on any atom is -0.326 e. The molecule has 2 atom stereocenters. The van der Waals surface area contributed by atoms with Crippen molar-refractivity contribution in [2.45, 2.75) is 24.9 Å². The number of hydrogen-bond acceptors (Lipinski definition) is 2. The molecule has 2 rings (SSSR count). The highest BCUT2D eigenvalue weighted by atomic mass is 35.5. The van der Waals surface area contributed by atoms with Gasteiger partial charge in [-0.15, -0.1) is 0 Å². The fraction of sp³-hybridized carbons (Fsp3) is 0.500. The van der Waals surface area contributed by atoms with Gasteiger partial charge in [0.15, 0.2) is 0 Å². The molecule has 82 valence electrons. The van der Waals surface area contributed by atoms with Crippen LogP contribution in [0.25, 0.3) is 0 Å². The van der Waals surface area contributed by atoms with Crippen LogP contribution in [-0.4, -0.2) is 30.6 Å². The molecule has 3 heteroatoms. The Hall–Kier alpha value is -0.570. The predicted molar refractivity (Wildman–Crippen MR) is 64.2 cm³/mol. The maximum absolute atomic E-state index is 6.14. The normalized spacial score (nSPS) is 27.1. The first-order valence-corrected chi connectivity index (χ1v) is 5.75. The third-order valence-corrected chi connectivity index (χ3v) is 3.63. The number of halogens is 1. The molecule has 0 radical (unpaired) electrons. The van der Waals surface area contributed by atoms with Gasteiger partial charge in [0.25, 0.3) is 0 Å². The van der Waals surface area contributed by atoms with Gasteiger partial charge in [-0.1, -0.05) is 29.8 Å². The molecule has 1 aromatic rings. The summed E-state index contributed by atoms with van der Waals surface area (Å²) in [5.74, 6) is 0. The number of nitrogens with two attached hydrogens (primary N) is 1. The molecule has 15 heavy (non-hydrogen) atoms. The number of rotatable bonds is 2. The minimum atomic E-state index is 0.284. The van der Waals surface area contributed by atoms with Crippen molar-refractivity contribution < 1.29 is 0 Å². The van der Waals surface area contributed by atoms with E-state index in [0.29, 0.717) is 6.04 Å². The molecule has 1 fully saturated rings. The summed E-state index contributed by atoms with van der Waals surface area (Å²) in [5, 5.41) is 0.852. The smallest absolute Gasteiger partial charge is 0.0438 e.